The Balaban J connectivity index is 1.39. The average molecular weight is 437 g/mol. The topological polar surface area (TPSA) is 93.6 Å². The summed E-state index contributed by atoms with van der Waals surface area (Å²) < 4.78 is 0. The summed E-state index contributed by atoms with van der Waals surface area (Å²) in [5.74, 6) is 0.739. The number of rotatable bonds is 4. The lowest BCUT2D eigenvalue weighted by Crippen LogP contribution is -2.51. The molecule has 29 heavy (non-hydrogen) atoms. The molecule has 0 bridgehead atoms. The van der Waals surface area contributed by atoms with Gasteiger partial charge in [-0.05, 0) is 17.7 Å². The van der Waals surface area contributed by atoms with Crippen LogP contribution < -0.4 is 10.7 Å². The maximum absolute atomic E-state index is 11.2. The Morgan fingerprint density at radius 3 is 3.00 bits per heavy atom. The largest absolute Gasteiger partial charge is 0.465 e. The number of nitrogens with zero attached hydrogens (tertiary/aromatic N) is 4. The molecule has 8 nitrogen and oxygen atoms in total. The molecule has 1 saturated heterocycles. The summed E-state index contributed by atoms with van der Waals surface area (Å²) in [4.78, 5) is 21.8. The van der Waals surface area contributed by atoms with Crippen molar-refractivity contribution in [1.82, 2.24) is 30.6 Å². The van der Waals surface area contributed by atoms with E-state index in [9.17, 15) is 4.79 Å². The van der Waals surface area contributed by atoms with E-state index in [0.29, 0.717) is 42.6 Å². The monoisotopic (exact) mass is 436 g/mol. The molecule has 0 saturated carbocycles. The summed E-state index contributed by atoms with van der Waals surface area (Å²) in [6.45, 7) is 3.79. The molecule has 1 aromatic heterocycles. The lowest BCUT2D eigenvalue weighted by molar-refractivity contribution is 0.128. The maximum atomic E-state index is 11.2. The van der Waals surface area contributed by atoms with Crippen LogP contribution in [0.2, 0.25) is 10.0 Å². The Kier molecular flexibility index (Phi) is 6.17. The number of fused-ring (bicyclic) bond motifs is 1. The van der Waals surface area contributed by atoms with Gasteiger partial charge in [-0.15, -0.1) is 0 Å². The molecule has 154 valence electrons. The third kappa shape index (κ3) is 4.79. The van der Waals surface area contributed by atoms with Gasteiger partial charge in [0.25, 0.3) is 0 Å². The van der Waals surface area contributed by atoms with Crippen LogP contribution in [0.15, 0.2) is 24.4 Å². The SMILES string of the molecule is O=C(O)N1CCc2nc(C3CN(NCc4ccc(Cl)cc4Cl)CCN3)ncc2C1. The maximum Gasteiger partial charge on any atom is 0.407 e. The first-order chi connectivity index (χ1) is 14.0. The van der Waals surface area contributed by atoms with Crippen LogP contribution in [0.5, 0.6) is 0 Å². The van der Waals surface area contributed by atoms with Crippen molar-refractivity contribution in [2.75, 3.05) is 26.2 Å². The number of carboxylic acid groups (broad SMARTS) is 1. The van der Waals surface area contributed by atoms with E-state index in [-0.39, 0.29) is 6.04 Å². The van der Waals surface area contributed by atoms with Gasteiger partial charge in [0.05, 0.1) is 18.3 Å². The minimum Gasteiger partial charge on any atom is -0.465 e. The first kappa shape index (κ1) is 20.3. The zero-order valence-corrected chi connectivity index (χ0v) is 17.2. The summed E-state index contributed by atoms with van der Waals surface area (Å²) in [6.07, 6.45) is 1.46. The van der Waals surface area contributed by atoms with Gasteiger partial charge in [-0.25, -0.2) is 19.8 Å². The molecule has 1 atom stereocenters. The van der Waals surface area contributed by atoms with Crippen molar-refractivity contribution >= 4 is 29.3 Å². The van der Waals surface area contributed by atoms with E-state index in [2.05, 4.69) is 20.7 Å². The molecule has 4 rings (SSSR count). The lowest BCUT2D eigenvalue weighted by atomic mass is 10.1. The third-order valence-electron chi connectivity index (χ3n) is 5.22. The van der Waals surface area contributed by atoms with Gasteiger partial charge in [0.2, 0.25) is 0 Å². The minimum atomic E-state index is -0.906. The van der Waals surface area contributed by atoms with E-state index in [4.69, 9.17) is 33.3 Å². The highest BCUT2D eigenvalue weighted by Crippen LogP contribution is 2.22. The number of halogens is 2. The van der Waals surface area contributed by atoms with Crippen LogP contribution in [0.3, 0.4) is 0 Å². The fourth-order valence-electron chi connectivity index (χ4n) is 3.59. The van der Waals surface area contributed by atoms with Crippen molar-refractivity contribution in [1.29, 1.82) is 0 Å². The van der Waals surface area contributed by atoms with Gasteiger partial charge in [0, 0.05) is 61.0 Å². The van der Waals surface area contributed by atoms with Crippen molar-refractivity contribution in [3.8, 4) is 0 Å². The van der Waals surface area contributed by atoms with Crippen LogP contribution in [0, 0.1) is 0 Å². The summed E-state index contributed by atoms with van der Waals surface area (Å²) in [5, 5.41) is 16.0. The normalized spacial score (nSPS) is 19.8. The first-order valence-electron chi connectivity index (χ1n) is 9.48. The van der Waals surface area contributed by atoms with Crippen molar-refractivity contribution in [2.24, 2.45) is 0 Å². The molecule has 1 fully saturated rings. The fourth-order valence-corrected chi connectivity index (χ4v) is 4.07. The van der Waals surface area contributed by atoms with Gasteiger partial charge in [-0.3, -0.25) is 5.43 Å². The van der Waals surface area contributed by atoms with Crippen molar-refractivity contribution in [2.45, 2.75) is 25.6 Å². The van der Waals surface area contributed by atoms with Gasteiger partial charge in [0.1, 0.15) is 5.82 Å². The van der Waals surface area contributed by atoms with Gasteiger partial charge in [0.15, 0.2) is 0 Å². The van der Waals surface area contributed by atoms with E-state index in [1.807, 2.05) is 12.1 Å². The molecule has 2 aromatic rings. The van der Waals surface area contributed by atoms with Crippen molar-refractivity contribution in [3.63, 3.8) is 0 Å². The summed E-state index contributed by atoms with van der Waals surface area (Å²) >= 11 is 12.2. The summed E-state index contributed by atoms with van der Waals surface area (Å²) in [7, 11) is 0. The zero-order chi connectivity index (χ0) is 20.4. The molecule has 1 amide bonds. The van der Waals surface area contributed by atoms with Gasteiger partial charge >= 0.3 is 6.09 Å². The molecule has 3 heterocycles. The predicted octanol–water partition coefficient (Wildman–Crippen LogP) is 2.47. The predicted molar refractivity (Wildman–Crippen MR) is 110 cm³/mol. The van der Waals surface area contributed by atoms with E-state index in [1.54, 1.807) is 12.3 Å². The molecular formula is C19H22Cl2N6O2. The summed E-state index contributed by atoms with van der Waals surface area (Å²) in [5.41, 5.74) is 6.22. The highest BCUT2D eigenvalue weighted by Gasteiger charge is 2.26. The van der Waals surface area contributed by atoms with Crippen LogP contribution in [0.1, 0.15) is 28.7 Å². The summed E-state index contributed by atoms with van der Waals surface area (Å²) in [6, 6.07) is 5.49. The van der Waals surface area contributed by atoms with Crippen LogP contribution >= 0.6 is 23.2 Å². The van der Waals surface area contributed by atoms with Gasteiger partial charge in [-0.2, -0.15) is 0 Å². The molecule has 0 aliphatic carbocycles. The standard InChI is InChI=1S/C19H22Cl2N6O2/c20-14-2-1-12(15(21)7-14)9-24-27-6-4-22-17(11-27)18-23-8-13-10-26(19(28)29)5-3-16(13)25-18/h1-2,7-8,17,22,24H,3-6,9-11H2,(H,28,29). The van der Waals surface area contributed by atoms with E-state index in [1.165, 1.54) is 4.90 Å². The number of piperazine rings is 1. The van der Waals surface area contributed by atoms with E-state index in [0.717, 1.165) is 35.7 Å². The second kappa shape index (κ2) is 8.81. The van der Waals surface area contributed by atoms with E-state index >= 15 is 0 Å². The Hall–Kier alpha value is -1.97. The number of aromatic nitrogens is 2. The number of carbonyl (C=O) groups is 1. The highest BCUT2D eigenvalue weighted by atomic mass is 35.5. The number of hydrazine groups is 1. The molecule has 1 aromatic carbocycles. The lowest BCUT2D eigenvalue weighted by Gasteiger charge is -2.34. The first-order valence-corrected chi connectivity index (χ1v) is 10.2. The number of amides is 1. The Labute approximate surface area is 178 Å². The second-order valence-corrected chi connectivity index (χ2v) is 8.02. The van der Waals surface area contributed by atoms with Gasteiger partial charge in [-0.1, -0.05) is 29.3 Å². The Morgan fingerprint density at radius 1 is 1.34 bits per heavy atom. The molecule has 10 heteroatoms. The van der Waals surface area contributed by atoms with Crippen LogP contribution in [0.25, 0.3) is 0 Å². The van der Waals surface area contributed by atoms with Crippen LogP contribution in [-0.4, -0.2) is 57.3 Å². The minimum absolute atomic E-state index is 0.000238. The fraction of sp³-hybridized carbons (Fsp3) is 0.421. The zero-order valence-electron chi connectivity index (χ0n) is 15.7. The average Bonchev–Trinajstić information content (AvgIpc) is 2.72. The molecule has 3 N–H and O–H groups in total. The molecule has 0 radical (unpaired) electrons. The Bertz CT molecular complexity index is 912. The van der Waals surface area contributed by atoms with Crippen molar-refractivity contribution < 1.29 is 9.90 Å². The second-order valence-electron chi connectivity index (χ2n) is 7.18. The smallest absolute Gasteiger partial charge is 0.407 e. The number of nitrogens with one attached hydrogen (secondary N) is 2. The van der Waals surface area contributed by atoms with Crippen LogP contribution in [0.4, 0.5) is 4.79 Å². The molecule has 1 unspecified atom stereocenters. The molecule has 2 aliphatic rings. The number of hydrogen-bond acceptors (Lipinski definition) is 6. The highest BCUT2D eigenvalue weighted by molar-refractivity contribution is 6.35. The van der Waals surface area contributed by atoms with Crippen LogP contribution in [-0.2, 0) is 19.5 Å². The third-order valence-corrected chi connectivity index (χ3v) is 5.81. The quantitative estimate of drug-likeness (QED) is 0.677. The van der Waals surface area contributed by atoms with Crippen molar-refractivity contribution in [3.05, 3.63) is 57.1 Å². The van der Waals surface area contributed by atoms with E-state index < -0.39 is 6.09 Å². The molecule has 0 spiro atoms. The number of hydrogen-bond donors (Lipinski definition) is 3. The molecular weight excluding hydrogens is 415 g/mol. The number of benzene rings is 1. The Morgan fingerprint density at radius 2 is 2.21 bits per heavy atom. The molecule has 2 aliphatic heterocycles. The van der Waals surface area contributed by atoms with Gasteiger partial charge < -0.3 is 15.3 Å².